The van der Waals surface area contributed by atoms with Crippen molar-refractivity contribution in [2.24, 2.45) is 0 Å². The molecule has 0 aliphatic carbocycles. The second kappa shape index (κ2) is 4.09. The van der Waals surface area contributed by atoms with Crippen LogP contribution in [0, 0.1) is 0 Å². The third kappa shape index (κ3) is 1.90. The number of nitrogen functional groups attached to an aromatic ring is 1. The van der Waals surface area contributed by atoms with Crippen molar-refractivity contribution in [2.75, 3.05) is 5.73 Å². The quantitative estimate of drug-likeness (QED) is 0.759. The monoisotopic (exact) mass is 217 g/mol. The summed E-state index contributed by atoms with van der Waals surface area (Å²) in [5.74, 6) is 0.373. The number of rotatable bonds is 3. The summed E-state index contributed by atoms with van der Waals surface area (Å²) in [6, 6.07) is 0. The Kier molecular flexibility index (Phi) is 2.63. The molecule has 2 N–H and O–H groups in total. The van der Waals surface area contributed by atoms with Crippen LogP contribution in [-0.2, 0) is 11.3 Å². The Morgan fingerprint density at radius 1 is 1.50 bits per heavy atom. The van der Waals surface area contributed by atoms with Crippen LogP contribution in [0.5, 0.6) is 0 Å². The van der Waals surface area contributed by atoms with Crippen molar-refractivity contribution >= 4 is 22.8 Å². The highest BCUT2D eigenvalue weighted by Crippen LogP contribution is 2.13. The second-order valence-electron chi connectivity index (χ2n) is 3.34. The largest absolute Gasteiger partial charge is 0.382 e. The summed E-state index contributed by atoms with van der Waals surface area (Å²) in [6.07, 6.45) is 6.28. The molecule has 2 aromatic heterocycles. The maximum atomic E-state index is 10.7. The van der Waals surface area contributed by atoms with Gasteiger partial charge in [0.05, 0.1) is 6.33 Å². The van der Waals surface area contributed by atoms with Crippen molar-refractivity contribution in [3.05, 3.63) is 24.8 Å². The van der Waals surface area contributed by atoms with E-state index >= 15 is 0 Å². The van der Waals surface area contributed by atoms with Gasteiger partial charge in [0.2, 0.25) is 0 Å². The summed E-state index contributed by atoms with van der Waals surface area (Å²) < 4.78 is 1.80. The molecule has 0 saturated carbocycles. The van der Waals surface area contributed by atoms with E-state index in [1.165, 1.54) is 19.3 Å². The van der Waals surface area contributed by atoms with Gasteiger partial charge in [-0.25, -0.2) is 15.0 Å². The Bertz CT molecular complexity index is 557. The molecule has 0 saturated heterocycles. The van der Waals surface area contributed by atoms with Gasteiger partial charge in [0.15, 0.2) is 17.2 Å². The van der Waals surface area contributed by atoms with Crippen LogP contribution in [0.1, 0.15) is 6.92 Å². The van der Waals surface area contributed by atoms with E-state index in [9.17, 15) is 4.79 Å². The van der Waals surface area contributed by atoms with E-state index in [1.807, 2.05) is 0 Å². The predicted octanol–water partition coefficient (Wildman–Crippen LogP) is 0.554. The van der Waals surface area contributed by atoms with Gasteiger partial charge in [0.25, 0.3) is 0 Å². The van der Waals surface area contributed by atoms with Gasteiger partial charge in [-0.15, -0.1) is 0 Å². The lowest BCUT2D eigenvalue weighted by molar-refractivity contribution is -0.112. The number of nitrogens with two attached hydrogens (primary N) is 1. The molecule has 0 aromatic carbocycles. The molecule has 0 amide bonds. The average Bonchev–Trinajstić information content (AvgIpc) is 2.63. The number of anilines is 1. The maximum absolute atomic E-state index is 10.7. The SMILES string of the molecule is CC(=O)/C=C/Cn1cnc2c(N)ncnc21. The van der Waals surface area contributed by atoms with Crippen molar-refractivity contribution < 1.29 is 4.79 Å². The van der Waals surface area contributed by atoms with E-state index in [2.05, 4.69) is 15.0 Å². The first-order chi connectivity index (χ1) is 7.68. The zero-order valence-electron chi connectivity index (χ0n) is 8.79. The summed E-state index contributed by atoms with van der Waals surface area (Å²) in [5.41, 5.74) is 6.90. The van der Waals surface area contributed by atoms with Crippen LogP contribution in [0.25, 0.3) is 11.2 Å². The molecular weight excluding hydrogens is 206 g/mol. The first kappa shape index (κ1) is 10.3. The molecule has 0 spiro atoms. The number of allylic oxidation sites excluding steroid dienone is 2. The van der Waals surface area contributed by atoms with E-state index in [0.29, 0.717) is 23.5 Å². The van der Waals surface area contributed by atoms with Gasteiger partial charge in [-0.05, 0) is 13.0 Å². The van der Waals surface area contributed by atoms with Gasteiger partial charge in [-0.2, -0.15) is 0 Å². The zero-order chi connectivity index (χ0) is 11.5. The van der Waals surface area contributed by atoms with Crippen LogP contribution < -0.4 is 5.73 Å². The zero-order valence-corrected chi connectivity index (χ0v) is 8.79. The third-order valence-corrected chi connectivity index (χ3v) is 2.08. The van der Waals surface area contributed by atoms with Gasteiger partial charge in [-0.1, -0.05) is 6.08 Å². The van der Waals surface area contributed by atoms with Gasteiger partial charge in [0, 0.05) is 6.54 Å². The standard InChI is InChI=1S/C10H11N5O/c1-7(16)3-2-4-15-6-14-8-9(11)12-5-13-10(8)15/h2-3,5-6H,4H2,1H3,(H2,11,12,13)/b3-2+. The number of ketones is 1. The first-order valence-electron chi connectivity index (χ1n) is 4.77. The fourth-order valence-corrected chi connectivity index (χ4v) is 1.36. The number of hydrogen-bond acceptors (Lipinski definition) is 5. The molecule has 16 heavy (non-hydrogen) atoms. The first-order valence-corrected chi connectivity index (χ1v) is 4.77. The van der Waals surface area contributed by atoms with Crippen molar-refractivity contribution in [1.29, 1.82) is 0 Å². The van der Waals surface area contributed by atoms with Crippen molar-refractivity contribution in [3.63, 3.8) is 0 Å². The lowest BCUT2D eigenvalue weighted by atomic mass is 10.4. The van der Waals surface area contributed by atoms with Gasteiger partial charge in [-0.3, -0.25) is 4.79 Å². The normalized spacial score (nSPS) is 11.3. The number of nitrogens with zero attached hydrogens (tertiary/aromatic N) is 4. The molecule has 2 aromatic rings. The van der Waals surface area contributed by atoms with Crippen molar-refractivity contribution in [2.45, 2.75) is 13.5 Å². The molecule has 6 heteroatoms. The number of aromatic nitrogens is 4. The lowest BCUT2D eigenvalue weighted by Gasteiger charge is -1.98. The molecule has 2 rings (SSSR count). The smallest absolute Gasteiger partial charge is 0.165 e. The molecule has 82 valence electrons. The van der Waals surface area contributed by atoms with Crippen molar-refractivity contribution in [3.8, 4) is 0 Å². The van der Waals surface area contributed by atoms with Gasteiger partial charge < -0.3 is 10.3 Å². The molecule has 0 bridgehead atoms. The fourth-order valence-electron chi connectivity index (χ4n) is 1.36. The molecule has 0 radical (unpaired) electrons. The van der Waals surface area contributed by atoms with Gasteiger partial charge >= 0.3 is 0 Å². The highest BCUT2D eigenvalue weighted by molar-refractivity contribution is 5.87. The van der Waals surface area contributed by atoms with E-state index in [-0.39, 0.29) is 5.78 Å². The summed E-state index contributed by atoms with van der Waals surface area (Å²) in [7, 11) is 0. The second-order valence-corrected chi connectivity index (χ2v) is 3.34. The fraction of sp³-hybridized carbons (Fsp3) is 0.200. The van der Waals surface area contributed by atoms with E-state index in [4.69, 9.17) is 5.73 Å². The third-order valence-electron chi connectivity index (χ3n) is 2.08. The van der Waals surface area contributed by atoms with Crippen LogP contribution in [-0.4, -0.2) is 25.3 Å². The number of hydrogen-bond donors (Lipinski definition) is 1. The highest BCUT2D eigenvalue weighted by atomic mass is 16.1. The Balaban J connectivity index is 2.32. The molecule has 0 unspecified atom stereocenters. The summed E-state index contributed by atoms with van der Waals surface area (Å²) >= 11 is 0. The molecule has 0 fully saturated rings. The minimum Gasteiger partial charge on any atom is -0.382 e. The lowest BCUT2D eigenvalue weighted by Crippen LogP contribution is -1.98. The highest BCUT2D eigenvalue weighted by Gasteiger charge is 2.05. The minimum atomic E-state index is 0.0126. The Morgan fingerprint density at radius 2 is 2.31 bits per heavy atom. The Labute approximate surface area is 91.8 Å². The van der Waals surface area contributed by atoms with Crippen LogP contribution in [0.3, 0.4) is 0 Å². The summed E-state index contributed by atoms with van der Waals surface area (Å²) in [4.78, 5) is 22.8. The average molecular weight is 217 g/mol. The number of fused-ring (bicyclic) bond motifs is 1. The van der Waals surface area contributed by atoms with Crippen LogP contribution in [0.15, 0.2) is 24.8 Å². The molecule has 0 atom stereocenters. The summed E-state index contributed by atoms with van der Waals surface area (Å²) in [6.45, 7) is 2.04. The Hall–Kier alpha value is -2.24. The van der Waals surface area contributed by atoms with Gasteiger partial charge in [0.1, 0.15) is 11.8 Å². The van der Waals surface area contributed by atoms with Crippen LogP contribution in [0.2, 0.25) is 0 Å². The topological polar surface area (TPSA) is 86.7 Å². The predicted molar refractivity (Wildman–Crippen MR) is 59.6 cm³/mol. The molecular formula is C10H11N5O. The molecule has 6 nitrogen and oxygen atoms in total. The molecule has 2 heterocycles. The van der Waals surface area contributed by atoms with Crippen LogP contribution in [0.4, 0.5) is 5.82 Å². The molecule has 0 aliphatic heterocycles. The minimum absolute atomic E-state index is 0.0126. The number of imidazole rings is 1. The van der Waals surface area contributed by atoms with Crippen LogP contribution >= 0.6 is 0 Å². The Morgan fingerprint density at radius 3 is 3.06 bits per heavy atom. The number of carbonyl (C=O) groups is 1. The van der Waals surface area contributed by atoms with Crippen molar-refractivity contribution in [1.82, 2.24) is 19.5 Å². The van der Waals surface area contributed by atoms with E-state index in [1.54, 1.807) is 17.0 Å². The number of carbonyl (C=O) groups excluding carboxylic acids is 1. The van der Waals surface area contributed by atoms with E-state index in [0.717, 1.165) is 0 Å². The summed E-state index contributed by atoms with van der Waals surface area (Å²) in [5, 5.41) is 0. The van der Waals surface area contributed by atoms with E-state index < -0.39 is 0 Å². The maximum Gasteiger partial charge on any atom is 0.165 e. The molecule has 0 aliphatic rings.